The van der Waals surface area contributed by atoms with Gasteiger partial charge in [0.05, 0.1) is 22.4 Å². The molecular weight excluding hydrogens is 316 g/mol. The van der Waals surface area contributed by atoms with Gasteiger partial charge in [-0.3, -0.25) is 9.59 Å². The SMILES string of the molecule is Cc1ccc(S(N)(=O)=O)cc1N1C(=O)[C@@H]2[C@H](C1=O)[C@@H]1C=C[C@H]2C1. The van der Waals surface area contributed by atoms with Crippen molar-refractivity contribution in [2.24, 2.45) is 28.8 Å². The van der Waals surface area contributed by atoms with Crippen LogP contribution in [-0.4, -0.2) is 20.2 Å². The Bertz CT molecular complexity index is 844. The number of nitrogens with two attached hydrogens (primary N) is 1. The van der Waals surface area contributed by atoms with E-state index < -0.39 is 10.0 Å². The summed E-state index contributed by atoms with van der Waals surface area (Å²) in [4.78, 5) is 26.6. The predicted octanol–water partition coefficient (Wildman–Crippen LogP) is 0.954. The molecule has 0 aromatic heterocycles. The number of sulfonamides is 1. The van der Waals surface area contributed by atoms with E-state index in [2.05, 4.69) is 0 Å². The summed E-state index contributed by atoms with van der Waals surface area (Å²) in [6.07, 6.45) is 4.90. The maximum atomic E-state index is 12.8. The molecule has 2 N–H and O–H groups in total. The molecule has 2 aliphatic carbocycles. The fourth-order valence-electron chi connectivity index (χ4n) is 4.15. The predicted molar refractivity (Wildman–Crippen MR) is 82.8 cm³/mol. The number of nitrogens with zero attached hydrogens (tertiary/aromatic N) is 1. The van der Waals surface area contributed by atoms with Crippen LogP contribution in [0.25, 0.3) is 0 Å². The van der Waals surface area contributed by atoms with Crippen LogP contribution in [0.3, 0.4) is 0 Å². The van der Waals surface area contributed by atoms with Crippen LogP contribution in [0.5, 0.6) is 0 Å². The third kappa shape index (κ3) is 1.93. The molecule has 1 saturated heterocycles. The fraction of sp³-hybridized carbons (Fsp3) is 0.375. The quantitative estimate of drug-likeness (QED) is 0.644. The first-order valence-corrected chi connectivity index (χ1v) is 9.03. The monoisotopic (exact) mass is 332 g/mol. The lowest BCUT2D eigenvalue weighted by Gasteiger charge is -2.20. The summed E-state index contributed by atoms with van der Waals surface area (Å²) in [5, 5.41) is 5.16. The van der Waals surface area contributed by atoms with E-state index in [1.807, 2.05) is 12.2 Å². The van der Waals surface area contributed by atoms with E-state index in [4.69, 9.17) is 5.14 Å². The van der Waals surface area contributed by atoms with Gasteiger partial charge in [0.1, 0.15) is 0 Å². The summed E-state index contributed by atoms with van der Waals surface area (Å²) >= 11 is 0. The highest BCUT2D eigenvalue weighted by Gasteiger charge is 2.59. The lowest BCUT2D eigenvalue weighted by atomic mass is 9.85. The number of carbonyl (C=O) groups is 2. The zero-order chi connectivity index (χ0) is 16.5. The van der Waals surface area contributed by atoms with Crippen molar-refractivity contribution in [2.45, 2.75) is 18.2 Å². The van der Waals surface area contributed by atoms with Gasteiger partial charge in [-0.05, 0) is 42.9 Å². The summed E-state index contributed by atoms with van der Waals surface area (Å²) < 4.78 is 23.1. The topological polar surface area (TPSA) is 97.5 Å². The first kappa shape index (κ1) is 14.6. The Hall–Kier alpha value is -1.99. The van der Waals surface area contributed by atoms with Crippen LogP contribution in [0.15, 0.2) is 35.2 Å². The van der Waals surface area contributed by atoms with Gasteiger partial charge in [0, 0.05) is 0 Å². The molecule has 1 aromatic rings. The summed E-state index contributed by atoms with van der Waals surface area (Å²) in [6.45, 7) is 1.74. The largest absolute Gasteiger partial charge is 0.274 e. The second kappa shape index (κ2) is 4.52. The van der Waals surface area contributed by atoms with Gasteiger partial charge in [0.2, 0.25) is 21.8 Å². The number of allylic oxidation sites excluding steroid dienone is 2. The van der Waals surface area contributed by atoms with Crippen LogP contribution < -0.4 is 10.0 Å². The molecule has 1 heterocycles. The lowest BCUT2D eigenvalue weighted by Crippen LogP contribution is -2.33. The van der Waals surface area contributed by atoms with Crippen molar-refractivity contribution in [3.8, 4) is 0 Å². The van der Waals surface area contributed by atoms with Crippen LogP contribution in [0.4, 0.5) is 5.69 Å². The van der Waals surface area contributed by atoms with E-state index in [1.165, 1.54) is 12.1 Å². The second-order valence-corrected chi connectivity index (χ2v) is 8.07. The van der Waals surface area contributed by atoms with Crippen LogP contribution in [0, 0.1) is 30.6 Å². The molecule has 0 unspecified atom stereocenters. The first-order valence-electron chi connectivity index (χ1n) is 7.48. The molecule has 4 atom stereocenters. The Morgan fingerprint density at radius 3 is 2.17 bits per heavy atom. The van der Waals surface area contributed by atoms with Gasteiger partial charge >= 0.3 is 0 Å². The average Bonchev–Trinajstić information content (AvgIpc) is 3.13. The summed E-state index contributed by atoms with van der Waals surface area (Å²) in [6, 6.07) is 4.26. The molecule has 1 saturated carbocycles. The molecule has 23 heavy (non-hydrogen) atoms. The fourth-order valence-corrected chi connectivity index (χ4v) is 4.68. The molecule has 2 fully saturated rings. The molecular formula is C16H16N2O4S. The van der Waals surface area contributed by atoms with Crippen LogP contribution >= 0.6 is 0 Å². The minimum atomic E-state index is -3.90. The number of primary sulfonamides is 1. The Kier molecular flexibility index (Phi) is 2.87. The van der Waals surface area contributed by atoms with Gasteiger partial charge in [0.25, 0.3) is 0 Å². The van der Waals surface area contributed by atoms with Crippen molar-refractivity contribution in [1.82, 2.24) is 0 Å². The Labute approximate surface area is 134 Å². The zero-order valence-corrected chi connectivity index (χ0v) is 13.3. The van der Waals surface area contributed by atoms with Gasteiger partial charge in [0.15, 0.2) is 0 Å². The number of imide groups is 1. The number of amides is 2. The van der Waals surface area contributed by atoms with Gasteiger partial charge in [-0.2, -0.15) is 0 Å². The maximum Gasteiger partial charge on any atom is 0.238 e. The molecule has 1 aliphatic heterocycles. The van der Waals surface area contributed by atoms with Gasteiger partial charge in [-0.1, -0.05) is 18.2 Å². The summed E-state index contributed by atoms with van der Waals surface area (Å²) in [5.41, 5.74) is 0.986. The number of aryl methyl sites for hydroxylation is 1. The second-order valence-electron chi connectivity index (χ2n) is 6.51. The van der Waals surface area contributed by atoms with Gasteiger partial charge in [-0.15, -0.1) is 0 Å². The van der Waals surface area contributed by atoms with E-state index in [-0.39, 0.29) is 40.4 Å². The molecule has 4 rings (SSSR count). The van der Waals surface area contributed by atoms with Crippen molar-refractivity contribution >= 4 is 27.5 Å². The zero-order valence-electron chi connectivity index (χ0n) is 12.5. The highest BCUT2D eigenvalue weighted by atomic mass is 32.2. The van der Waals surface area contributed by atoms with Crippen molar-refractivity contribution in [3.05, 3.63) is 35.9 Å². The van der Waals surface area contributed by atoms with Crippen molar-refractivity contribution in [3.63, 3.8) is 0 Å². The highest BCUT2D eigenvalue weighted by molar-refractivity contribution is 7.89. The van der Waals surface area contributed by atoms with Crippen LogP contribution in [0.2, 0.25) is 0 Å². The Balaban J connectivity index is 1.81. The molecule has 2 amide bonds. The molecule has 1 aromatic carbocycles. The number of carbonyl (C=O) groups excluding carboxylic acids is 2. The number of anilines is 1. The number of hydrogen-bond acceptors (Lipinski definition) is 4. The summed E-state index contributed by atoms with van der Waals surface area (Å²) in [5.74, 6) is -0.843. The lowest BCUT2D eigenvalue weighted by molar-refractivity contribution is -0.123. The average molecular weight is 332 g/mol. The van der Waals surface area contributed by atoms with Crippen molar-refractivity contribution < 1.29 is 18.0 Å². The number of benzene rings is 1. The number of hydrogen-bond donors (Lipinski definition) is 1. The third-order valence-electron chi connectivity index (χ3n) is 5.22. The van der Waals surface area contributed by atoms with Crippen molar-refractivity contribution in [2.75, 3.05) is 4.90 Å². The molecule has 3 aliphatic rings. The van der Waals surface area contributed by atoms with E-state index in [1.54, 1.807) is 13.0 Å². The van der Waals surface area contributed by atoms with Crippen LogP contribution in [-0.2, 0) is 19.6 Å². The number of rotatable bonds is 2. The Morgan fingerprint density at radius 2 is 1.65 bits per heavy atom. The number of fused-ring (bicyclic) bond motifs is 5. The molecule has 2 bridgehead atoms. The highest BCUT2D eigenvalue weighted by Crippen LogP contribution is 2.53. The molecule has 120 valence electrons. The molecule has 0 spiro atoms. The van der Waals surface area contributed by atoms with Gasteiger partial charge < -0.3 is 0 Å². The molecule has 0 radical (unpaired) electrons. The van der Waals surface area contributed by atoms with E-state index in [9.17, 15) is 18.0 Å². The Morgan fingerprint density at radius 1 is 1.09 bits per heavy atom. The minimum Gasteiger partial charge on any atom is -0.274 e. The van der Waals surface area contributed by atoms with Gasteiger partial charge in [-0.25, -0.2) is 18.5 Å². The van der Waals surface area contributed by atoms with E-state index >= 15 is 0 Å². The van der Waals surface area contributed by atoms with Crippen molar-refractivity contribution in [1.29, 1.82) is 0 Å². The van der Waals surface area contributed by atoms with E-state index in [0.717, 1.165) is 11.3 Å². The molecule has 6 nitrogen and oxygen atoms in total. The summed E-state index contributed by atoms with van der Waals surface area (Å²) in [7, 11) is -3.90. The standard InChI is InChI=1S/C16H16N2O4S/c1-8-2-5-11(23(17,21)22)7-12(8)18-15(19)13-9-3-4-10(6-9)14(13)16(18)20/h2-5,7,9-10,13-14H,6H2,1H3,(H2,17,21,22)/t9-,10+,13-,14+. The minimum absolute atomic E-state index is 0.100. The maximum absolute atomic E-state index is 12.8. The first-order chi connectivity index (χ1) is 10.8. The third-order valence-corrected chi connectivity index (χ3v) is 6.13. The molecule has 7 heteroatoms. The normalized spacial score (nSPS) is 32.0. The van der Waals surface area contributed by atoms with E-state index in [0.29, 0.717) is 11.3 Å². The van der Waals surface area contributed by atoms with Crippen LogP contribution in [0.1, 0.15) is 12.0 Å². The smallest absolute Gasteiger partial charge is 0.238 e.